The molecule has 220 valence electrons. The third-order valence-corrected chi connectivity index (χ3v) is 9.61. The summed E-state index contributed by atoms with van der Waals surface area (Å²) in [5.74, 6) is -0.620. The van der Waals surface area contributed by atoms with E-state index in [1.807, 2.05) is 91.9 Å². The second-order valence-electron chi connectivity index (χ2n) is 11.7. The number of benzene rings is 4. The lowest BCUT2D eigenvalue weighted by Gasteiger charge is -2.37. The minimum Gasteiger partial charge on any atom is -0.342 e. The number of anilines is 1. The number of amidine groups is 1. The smallest absolute Gasteiger partial charge is 0.283 e. The summed E-state index contributed by atoms with van der Waals surface area (Å²) < 4.78 is 32.3. The van der Waals surface area contributed by atoms with E-state index < -0.39 is 27.4 Å². The van der Waals surface area contributed by atoms with Gasteiger partial charge in [0.05, 0.1) is 22.3 Å². The Hall–Kier alpha value is -4.27. The number of aryl methyl sites for hydroxylation is 1. The number of carbonyl (C=O) groups excluding carboxylic acids is 1. The van der Waals surface area contributed by atoms with E-state index in [9.17, 15) is 13.2 Å². The zero-order valence-electron chi connectivity index (χ0n) is 24.5. The molecule has 2 aliphatic heterocycles. The van der Waals surface area contributed by atoms with Crippen LogP contribution in [-0.2, 0) is 31.7 Å². The Morgan fingerprint density at radius 1 is 0.884 bits per heavy atom. The van der Waals surface area contributed by atoms with E-state index >= 15 is 0 Å². The van der Waals surface area contributed by atoms with Gasteiger partial charge >= 0.3 is 0 Å². The topological polar surface area (TPSA) is 88.1 Å². The summed E-state index contributed by atoms with van der Waals surface area (Å²) in [6, 6.07) is 33.1. The van der Waals surface area contributed by atoms with Crippen LogP contribution < -0.4 is 5.32 Å². The van der Waals surface area contributed by atoms with Crippen LogP contribution in [0.25, 0.3) is 0 Å². The predicted octanol–water partition coefficient (Wildman–Crippen LogP) is 6.62. The zero-order valence-corrected chi connectivity index (χ0v) is 25.3. The van der Waals surface area contributed by atoms with Gasteiger partial charge in [0, 0.05) is 5.69 Å². The molecule has 3 unspecified atom stereocenters. The number of nitrogens with zero attached hydrogens (tertiary/aromatic N) is 2. The fraction of sp³-hybridized carbons (Fsp3) is 0.257. The summed E-state index contributed by atoms with van der Waals surface area (Å²) in [5.41, 5.74) is 3.04. The Labute approximate surface area is 253 Å². The molecule has 0 bridgehead atoms. The highest BCUT2D eigenvalue weighted by molar-refractivity contribution is 7.90. The normalized spacial score (nSPS) is 22.4. The lowest BCUT2D eigenvalue weighted by molar-refractivity contribution is -0.198. The van der Waals surface area contributed by atoms with Crippen LogP contribution >= 0.6 is 0 Å². The molecular formula is C35H35N3O4S. The maximum absolute atomic E-state index is 14.7. The molecule has 1 amide bonds. The first-order valence-electron chi connectivity index (χ1n) is 14.6. The molecule has 0 aromatic heterocycles. The third-order valence-electron chi connectivity index (χ3n) is 8.32. The van der Waals surface area contributed by atoms with E-state index in [4.69, 9.17) is 4.84 Å². The minimum absolute atomic E-state index is 0.0942. The van der Waals surface area contributed by atoms with E-state index in [1.54, 1.807) is 24.3 Å². The number of rotatable bonds is 8. The van der Waals surface area contributed by atoms with Crippen LogP contribution in [0.3, 0.4) is 0 Å². The molecule has 0 aliphatic carbocycles. The van der Waals surface area contributed by atoms with Crippen LogP contribution in [-0.4, -0.2) is 31.3 Å². The molecule has 0 radical (unpaired) electrons. The lowest BCUT2D eigenvalue weighted by Crippen LogP contribution is -2.50. The Bertz CT molecular complexity index is 1760. The van der Waals surface area contributed by atoms with E-state index in [-0.39, 0.29) is 29.2 Å². The first kappa shape index (κ1) is 28.8. The van der Waals surface area contributed by atoms with Gasteiger partial charge in [-0.3, -0.25) is 9.63 Å². The van der Waals surface area contributed by atoms with Gasteiger partial charge in [0.2, 0.25) is 0 Å². The van der Waals surface area contributed by atoms with E-state index in [0.717, 1.165) is 27.9 Å². The Morgan fingerprint density at radius 2 is 1.51 bits per heavy atom. The molecule has 2 heterocycles. The fourth-order valence-corrected chi connectivity index (χ4v) is 7.45. The number of amides is 1. The monoisotopic (exact) mass is 593 g/mol. The van der Waals surface area contributed by atoms with Gasteiger partial charge in [-0.15, -0.1) is 4.40 Å². The highest BCUT2D eigenvalue weighted by atomic mass is 32.2. The van der Waals surface area contributed by atoms with Crippen molar-refractivity contribution in [1.29, 1.82) is 0 Å². The number of hydroxylamine groups is 2. The molecule has 0 saturated carbocycles. The van der Waals surface area contributed by atoms with Crippen molar-refractivity contribution in [2.45, 2.75) is 56.1 Å². The van der Waals surface area contributed by atoms with Crippen molar-refractivity contribution in [3.8, 4) is 0 Å². The molecule has 4 aromatic carbocycles. The van der Waals surface area contributed by atoms with E-state index in [0.29, 0.717) is 6.42 Å². The lowest BCUT2D eigenvalue weighted by atomic mass is 9.64. The molecule has 4 aromatic rings. The summed E-state index contributed by atoms with van der Waals surface area (Å²) in [7, 11) is -4.13. The van der Waals surface area contributed by atoms with Crippen LogP contribution in [0.15, 0.2) is 118 Å². The van der Waals surface area contributed by atoms with Gasteiger partial charge in [-0.1, -0.05) is 110 Å². The summed E-state index contributed by atoms with van der Waals surface area (Å²) in [4.78, 5) is 21.2. The standard InChI is InChI=1S/C35H35N3O4S/c1-24(2)22-31-35(32(27-14-8-5-9-15-27)33(39)38(31)42-23-26-12-6-4-7-13-26)29-16-10-11-17-30(29)36-34(35)37-43(40,41)28-20-18-25(3)19-21-28/h4-21,24,31-32H,22-23H2,1-3H3,(H,36,37). The zero-order chi connectivity index (χ0) is 30.2. The molecule has 6 rings (SSSR count). The summed E-state index contributed by atoms with van der Waals surface area (Å²) in [6.45, 7) is 6.29. The number of sulfonamides is 1. The number of fused-ring (bicyclic) bond motifs is 2. The Kier molecular flexibility index (Phi) is 7.66. The van der Waals surface area contributed by atoms with Crippen molar-refractivity contribution < 1.29 is 18.0 Å². The molecular weight excluding hydrogens is 558 g/mol. The second kappa shape index (κ2) is 11.4. The van der Waals surface area contributed by atoms with E-state index in [1.165, 1.54) is 5.06 Å². The fourth-order valence-electron chi connectivity index (χ4n) is 6.43. The summed E-state index contributed by atoms with van der Waals surface area (Å²) in [5, 5.41) is 4.86. The van der Waals surface area contributed by atoms with Gasteiger partial charge in [-0.25, -0.2) is 5.06 Å². The van der Waals surface area contributed by atoms with Gasteiger partial charge in [0.1, 0.15) is 12.4 Å². The second-order valence-corrected chi connectivity index (χ2v) is 13.3. The molecule has 3 atom stereocenters. The maximum Gasteiger partial charge on any atom is 0.283 e. The molecule has 7 nitrogen and oxygen atoms in total. The predicted molar refractivity (Wildman–Crippen MR) is 168 cm³/mol. The van der Waals surface area contributed by atoms with Crippen molar-refractivity contribution in [3.63, 3.8) is 0 Å². The summed E-state index contributed by atoms with van der Waals surface area (Å²) in [6.07, 6.45) is 0.559. The van der Waals surface area contributed by atoms with Gasteiger partial charge in [0.25, 0.3) is 15.9 Å². The van der Waals surface area contributed by atoms with Gasteiger partial charge in [0.15, 0.2) is 0 Å². The van der Waals surface area contributed by atoms with Crippen molar-refractivity contribution in [1.82, 2.24) is 5.06 Å². The largest absolute Gasteiger partial charge is 0.342 e. The number of hydrogen-bond donors (Lipinski definition) is 1. The molecule has 43 heavy (non-hydrogen) atoms. The Morgan fingerprint density at radius 3 is 2.19 bits per heavy atom. The van der Waals surface area contributed by atoms with Crippen LogP contribution in [0, 0.1) is 12.8 Å². The quantitative estimate of drug-likeness (QED) is 0.248. The van der Waals surface area contributed by atoms with Crippen molar-refractivity contribution in [2.75, 3.05) is 5.32 Å². The van der Waals surface area contributed by atoms with Crippen LogP contribution in [0.1, 0.15) is 48.4 Å². The average molecular weight is 594 g/mol. The van der Waals surface area contributed by atoms with E-state index in [2.05, 4.69) is 23.6 Å². The van der Waals surface area contributed by atoms with Crippen LogP contribution in [0.5, 0.6) is 0 Å². The molecule has 1 N–H and O–H groups in total. The number of para-hydroxylation sites is 1. The summed E-state index contributed by atoms with van der Waals surface area (Å²) >= 11 is 0. The maximum atomic E-state index is 14.7. The highest BCUT2D eigenvalue weighted by Crippen LogP contribution is 2.57. The first-order valence-corrected chi connectivity index (χ1v) is 16.0. The number of nitrogens with one attached hydrogen (secondary N) is 1. The molecule has 1 saturated heterocycles. The number of carbonyl (C=O) groups is 1. The molecule has 1 spiro atoms. The first-order chi connectivity index (χ1) is 20.7. The minimum atomic E-state index is -4.13. The Balaban J connectivity index is 1.59. The third kappa shape index (κ3) is 5.15. The van der Waals surface area contributed by atoms with Crippen molar-refractivity contribution >= 4 is 27.5 Å². The molecule has 1 fully saturated rings. The van der Waals surface area contributed by atoms with Crippen molar-refractivity contribution in [2.24, 2.45) is 10.3 Å². The van der Waals surface area contributed by atoms with Gasteiger partial charge in [-0.05, 0) is 54.2 Å². The van der Waals surface area contributed by atoms with Crippen LogP contribution in [0.4, 0.5) is 5.69 Å². The number of hydrogen-bond acceptors (Lipinski definition) is 4. The SMILES string of the molecule is Cc1ccc(S(=O)(=O)/N=C2\Nc3ccccc3C23C(c2ccccc2)C(=O)N(OCc2ccccc2)C3CC(C)C)cc1. The highest BCUT2D eigenvalue weighted by Gasteiger charge is 2.67. The van der Waals surface area contributed by atoms with Crippen LogP contribution in [0.2, 0.25) is 0 Å². The average Bonchev–Trinajstić information content (AvgIpc) is 3.43. The van der Waals surface area contributed by atoms with Crippen molar-refractivity contribution in [3.05, 3.63) is 131 Å². The van der Waals surface area contributed by atoms with Gasteiger partial charge in [-0.2, -0.15) is 8.42 Å². The van der Waals surface area contributed by atoms with Gasteiger partial charge < -0.3 is 5.32 Å². The molecule has 2 aliphatic rings. The molecule has 8 heteroatoms.